The van der Waals surface area contributed by atoms with Crippen molar-refractivity contribution in [2.24, 2.45) is 0 Å². The van der Waals surface area contributed by atoms with Crippen molar-refractivity contribution in [3.05, 3.63) is 98.2 Å². The highest BCUT2D eigenvalue weighted by Gasteiger charge is 2.16. The van der Waals surface area contributed by atoms with Crippen molar-refractivity contribution in [1.82, 2.24) is 14.6 Å². The maximum Gasteiger partial charge on any atom is 0.356 e. The summed E-state index contributed by atoms with van der Waals surface area (Å²) in [6.45, 7) is -0.385. The van der Waals surface area contributed by atoms with Crippen molar-refractivity contribution in [2.45, 2.75) is 6.61 Å². The Kier molecular flexibility index (Phi) is 4.80. The summed E-state index contributed by atoms with van der Waals surface area (Å²) >= 11 is 0. The van der Waals surface area contributed by atoms with Gasteiger partial charge < -0.3 is 4.74 Å². The van der Waals surface area contributed by atoms with Crippen molar-refractivity contribution in [1.29, 1.82) is 0 Å². The lowest BCUT2D eigenvalue weighted by atomic mass is 10.1. The summed E-state index contributed by atoms with van der Waals surface area (Å²) in [6, 6.07) is 14.7. The van der Waals surface area contributed by atoms with Crippen LogP contribution in [0.2, 0.25) is 0 Å². The Morgan fingerprint density at radius 1 is 1.17 bits per heavy atom. The molecule has 0 radical (unpaired) electrons. The first-order valence-electron chi connectivity index (χ1n) is 8.70. The summed E-state index contributed by atoms with van der Waals surface area (Å²) in [5.41, 5.74) is 0.620. The second kappa shape index (κ2) is 7.59. The van der Waals surface area contributed by atoms with Gasteiger partial charge in [0.1, 0.15) is 18.1 Å². The van der Waals surface area contributed by atoms with Crippen LogP contribution in [0.5, 0.6) is 0 Å². The molecule has 0 saturated heterocycles. The molecule has 0 aliphatic heterocycles. The van der Waals surface area contributed by atoms with Crippen LogP contribution in [-0.2, 0) is 11.3 Å². The van der Waals surface area contributed by atoms with E-state index in [9.17, 15) is 24.1 Å². The van der Waals surface area contributed by atoms with Crippen LogP contribution >= 0.6 is 0 Å². The molecule has 30 heavy (non-hydrogen) atoms. The summed E-state index contributed by atoms with van der Waals surface area (Å²) in [5.74, 6) is -1.64. The van der Waals surface area contributed by atoms with Crippen molar-refractivity contribution >= 4 is 17.3 Å². The number of ether oxygens (including phenoxy) is 1. The topological polar surface area (TPSA) is 120 Å². The number of fused-ring (bicyclic) bond motifs is 1. The molecule has 0 saturated carbocycles. The van der Waals surface area contributed by atoms with Crippen molar-refractivity contribution in [2.75, 3.05) is 0 Å². The Balaban J connectivity index is 1.58. The van der Waals surface area contributed by atoms with E-state index in [0.717, 1.165) is 28.3 Å². The molecule has 0 bridgehead atoms. The van der Waals surface area contributed by atoms with Gasteiger partial charge in [0.2, 0.25) is 0 Å². The molecule has 0 aliphatic carbocycles. The number of benzene rings is 2. The van der Waals surface area contributed by atoms with Crippen LogP contribution in [0.4, 0.5) is 10.1 Å². The van der Waals surface area contributed by atoms with Gasteiger partial charge in [-0.25, -0.2) is 18.7 Å². The average Bonchev–Trinajstić information content (AvgIpc) is 3.17. The number of nitrogens with zero attached hydrogens (tertiary/aromatic N) is 3. The fraction of sp³-hybridized carbons (Fsp3) is 0.0500. The molecule has 2 aromatic heterocycles. The zero-order valence-electron chi connectivity index (χ0n) is 15.2. The normalized spacial score (nSPS) is 10.8. The number of nitrogens with one attached hydrogen (secondary N) is 1. The molecule has 0 atom stereocenters. The fourth-order valence-corrected chi connectivity index (χ4v) is 2.90. The van der Waals surface area contributed by atoms with Gasteiger partial charge in [-0.05, 0) is 11.6 Å². The van der Waals surface area contributed by atoms with Crippen LogP contribution in [0.3, 0.4) is 0 Å². The number of aromatic amines is 1. The fourth-order valence-electron chi connectivity index (χ4n) is 2.90. The number of hydrogen-bond donors (Lipinski definition) is 1. The highest BCUT2D eigenvalue weighted by Crippen LogP contribution is 2.18. The van der Waals surface area contributed by atoms with E-state index in [1.165, 1.54) is 12.1 Å². The molecule has 9 nitrogen and oxygen atoms in total. The van der Waals surface area contributed by atoms with Gasteiger partial charge in [-0.3, -0.25) is 20.0 Å². The highest BCUT2D eigenvalue weighted by molar-refractivity contribution is 5.88. The number of H-pyrrole nitrogens is 1. The second-order valence-corrected chi connectivity index (χ2v) is 6.36. The molecule has 0 aliphatic rings. The van der Waals surface area contributed by atoms with E-state index >= 15 is 0 Å². The van der Waals surface area contributed by atoms with Crippen LogP contribution < -0.4 is 5.56 Å². The molecule has 2 aromatic carbocycles. The van der Waals surface area contributed by atoms with Gasteiger partial charge >= 0.3 is 5.97 Å². The predicted molar refractivity (Wildman–Crippen MR) is 103 cm³/mol. The molecule has 150 valence electrons. The minimum atomic E-state index is -0.826. The van der Waals surface area contributed by atoms with Crippen LogP contribution in [0, 0.1) is 15.9 Å². The first-order chi connectivity index (χ1) is 14.4. The van der Waals surface area contributed by atoms with E-state index in [4.69, 9.17) is 4.74 Å². The van der Waals surface area contributed by atoms with E-state index in [1.807, 2.05) is 18.2 Å². The van der Waals surface area contributed by atoms with Gasteiger partial charge in [-0.15, -0.1) is 0 Å². The summed E-state index contributed by atoms with van der Waals surface area (Å²) in [7, 11) is 0. The second-order valence-electron chi connectivity index (χ2n) is 6.36. The van der Waals surface area contributed by atoms with Crippen LogP contribution in [-0.4, -0.2) is 25.5 Å². The Bertz CT molecular complexity index is 1330. The predicted octanol–water partition coefficient (Wildman–Crippen LogP) is 3.09. The summed E-state index contributed by atoms with van der Waals surface area (Å²) in [5, 5.41) is 13.4. The summed E-state index contributed by atoms with van der Waals surface area (Å²) < 4.78 is 19.7. The zero-order chi connectivity index (χ0) is 21.3. The number of aromatic nitrogens is 3. The maximum absolute atomic E-state index is 13.5. The number of esters is 1. The quantitative estimate of drug-likeness (QED) is 0.308. The number of nitro groups is 1. The third kappa shape index (κ3) is 3.78. The number of carbonyl (C=O) groups is 1. The maximum atomic E-state index is 13.5. The van der Waals surface area contributed by atoms with Crippen molar-refractivity contribution in [3.8, 4) is 11.3 Å². The zero-order valence-corrected chi connectivity index (χ0v) is 15.2. The number of carbonyl (C=O) groups excluding carboxylic acids is 1. The first kappa shape index (κ1) is 19.0. The SMILES string of the molecule is O=C(OCc1cc(F)cc([N+](=O)[O-])c1)c1cc2nc(-c3ccccc3)cc(=O)n2[nH]1. The summed E-state index contributed by atoms with van der Waals surface area (Å²) in [6.07, 6.45) is 0. The molecule has 0 unspecified atom stereocenters. The van der Waals surface area contributed by atoms with Gasteiger partial charge in [-0.2, -0.15) is 0 Å². The van der Waals surface area contributed by atoms with Crippen LogP contribution in [0.1, 0.15) is 16.1 Å². The van der Waals surface area contributed by atoms with E-state index in [2.05, 4.69) is 10.1 Å². The van der Waals surface area contributed by atoms with E-state index in [0.29, 0.717) is 5.69 Å². The molecule has 0 amide bonds. The van der Waals surface area contributed by atoms with Gasteiger partial charge in [0, 0.05) is 23.8 Å². The Labute approximate surface area is 167 Å². The smallest absolute Gasteiger partial charge is 0.356 e. The molecule has 0 spiro atoms. The van der Waals surface area contributed by atoms with Gasteiger partial charge in [0.25, 0.3) is 11.2 Å². The third-order valence-electron chi connectivity index (χ3n) is 4.26. The lowest BCUT2D eigenvalue weighted by molar-refractivity contribution is -0.385. The van der Waals surface area contributed by atoms with E-state index in [1.54, 1.807) is 12.1 Å². The standard InChI is InChI=1S/C20H13FN4O5/c21-14-6-12(7-15(8-14)25(28)29)11-30-20(27)17-9-18-22-16(10-19(26)24(18)23-17)13-4-2-1-3-5-13/h1-10,23H,11H2. The Hall–Kier alpha value is -4.34. The number of halogens is 1. The largest absolute Gasteiger partial charge is 0.456 e. The van der Waals surface area contributed by atoms with Crippen molar-refractivity contribution in [3.63, 3.8) is 0 Å². The number of non-ortho nitro benzene ring substituents is 1. The van der Waals surface area contributed by atoms with E-state index < -0.39 is 28.0 Å². The highest BCUT2D eigenvalue weighted by atomic mass is 19.1. The average molecular weight is 408 g/mol. The molecular weight excluding hydrogens is 395 g/mol. The van der Waals surface area contributed by atoms with Crippen LogP contribution in [0.15, 0.2) is 65.5 Å². The Morgan fingerprint density at radius 2 is 1.93 bits per heavy atom. The first-order valence-corrected chi connectivity index (χ1v) is 8.70. The number of nitro benzene ring substituents is 1. The van der Waals surface area contributed by atoms with E-state index in [-0.39, 0.29) is 23.5 Å². The number of rotatable bonds is 5. The lowest BCUT2D eigenvalue weighted by Crippen LogP contribution is -2.15. The summed E-state index contributed by atoms with van der Waals surface area (Å²) in [4.78, 5) is 39.1. The molecule has 4 aromatic rings. The molecule has 10 heteroatoms. The lowest BCUT2D eigenvalue weighted by Gasteiger charge is -2.04. The van der Waals surface area contributed by atoms with Gasteiger partial charge in [-0.1, -0.05) is 30.3 Å². The number of hydrogen-bond acceptors (Lipinski definition) is 6. The van der Waals surface area contributed by atoms with Crippen LogP contribution in [0.25, 0.3) is 16.9 Å². The third-order valence-corrected chi connectivity index (χ3v) is 4.26. The molecule has 0 fully saturated rings. The molecule has 1 N–H and O–H groups in total. The Morgan fingerprint density at radius 3 is 2.67 bits per heavy atom. The molecule has 2 heterocycles. The molecule has 4 rings (SSSR count). The van der Waals surface area contributed by atoms with Crippen molar-refractivity contribution < 1.29 is 18.8 Å². The van der Waals surface area contributed by atoms with Gasteiger partial charge in [0.05, 0.1) is 16.7 Å². The monoisotopic (exact) mass is 408 g/mol. The minimum Gasteiger partial charge on any atom is -0.456 e. The minimum absolute atomic E-state index is 0.0456. The molecular formula is C20H13FN4O5. The van der Waals surface area contributed by atoms with Gasteiger partial charge in [0.15, 0.2) is 5.65 Å².